The van der Waals surface area contributed by atoms with Crippen LogP contribution in [0.1, 0.15) is 53.6 Å². The summed E-state index contributed by atoms with van der Waals surface area (Å²) in [5.74, 6) is -1.41. The van der Waals surface area contributed by atoms with Crippen LogP contribution in [0.5, 0.6) is 0 Å². The number of rotatable bonds is 8. The van der Waals surface area contributed by atoms with Crippen molar-refractivity contribution >= 4 is 0 Å². The van der Waals surface area contributed by atoms with E-state index < -0.39 is 41.8 Å². The Bertz CT molecular complexity index is 1230. The first kappa shape index (κ1) is 26.7. The van der Waals surface area contributed by atoms with Gasteiger partial charge in [0.15, 0.2) is 6.29 Å². The highest BCUT2D eigenvalue weighted by Crippen LogP contribution is 2.37. The summed E-state index contributed by atoms with van der Waals surface area (Å²) in [6.07, 6.45) is -5.39. The topological polar surface area (TPSA) is 66.5 Å². The summed E-state index contributed by atoms with van der Waals surface area (Å²) in [6, 6.07) is 7.71. The molecule has 7 nitrogen and oxygen atoms in total. The van der Waals surface area contributed by atoms with Crippen molar-refractivity contribution in [1.82, 2.24) is 25.2 Å². The molecule has 0 amide bonds. The lowest BCUT2D eigenvalue weighted by Gasteiger charge is -2.42. The van der Waals surface area contributed by atoms with E-state index in [9.17, 15) is 22.0 Å². The number of aromatic amines is 1. The molecule has 2 aliphatic rings. The maximum absolute atomic E-state index is 14.1. The van der Waals surface area contributed by atoms with E-state index in [2.05, 4.69) is 25.2 Å². The van der Waals surface area contributed by atoms with Crippen LogP contribution in [0.4, 0.5) is 22.0 Å². The Morgan fingerprint density at radius 2 is 1.82 bits per heavy atom. The zero-order valence-corrected chi connectivity index (χ0v) is 20.7. The average molecular weight is 538 g/mol. The smallest absolute Gasteiger partial charge is 0.349 e. The van der Waals surface area contributed by atoms with Gasteiger partial charge in [-0.15, -0.1) is 5.10 Å². The Hall–Kier alpha value is -2.93. The van der Waals surface area contributed by atoms with Crippen LogP contribution in [0.2, 0.25) is 0 Å². The number of likely N-dealkylation sites (tertiary alicyclic amines) is 1. The fourth-order valence-electron chi connectivity index (χ4n) is 4.78. The zero-order chi connectivity index (χ0) is 26.9. The van der Waals surface area contributed by atoms with Crippen molar-refractivity contribution in [2.45, 2.75) is 51.0 Å². The van der Waals surface area contributed by atoms with Gasteiger partial charge in [-0.3, -0.25) is 14.9 Å². The normalized spacial score (nSPS) is 21.8. The van der Waals surface area contributed by atoms with E-state index in [-0.39, 0.29) is 12.2 Å². The number of hydrogen-bond acceptors (Lipinski definition) is 6. The highest BCUT2D eigenvalue weighted by molar-refractivity contribution is 5.28. The molecule has 0 radical (unpaired) electrons. The molecule has 0 saturated carbocycles. The average Bonchev–Trinajstić information content (AvgIpc) is 3.28. The van der Waals surface area contributed by atoms with Crippen LogP contribution in [0, 0.1) is 11.6 Å². The van der Waals surface area contributed by atoms with Crippen molar-refractivity contribution in [3.63, 3.8) is 0 Å². The minimum atomic E-state index is -4.70. The second kappa shape index (κ2) is 11.0. The summed E-state index contributed by atoms with van der Waals surface area (Å²) in [5, 5.41) is 11.2. The van der Waals surface area contributed by atoms with E-state index in [1.54, 1.807) is 19.1 Å². The Morgan fingerprint density at radius 3 is 2.50 bits per heavy atom. The molecule has 5 rings (SSSR count). The first-order valence-electron chi connectivity index (χ1n) is 12.4. The second-order valence-electron chi connectivity index (χ2n) is 9.62. The van der Waals surface area contributed by atoms with Gasteiger partial charge in [-0.05, 0) is 67.9 Å². The monoisotopic (exact) mass is 537 g/mol. The maximum Gasteiger partial charge on any atom is 0.416 e. The first-order chi connectivity index (χ1) is 18.2. The van der Waals surface area contributed by atoms with E-state index in [0.29, 0.717) is 31.3 Å². The maximum atomic E-state index is 14.1. The minimum absolute atomic E-state index is 0.0317. The van der Waals surface area contributed by atoms with Gasteiger partial charge < -0.3 is 9.47 Å². The lowest BCUT2D eigenvalue weighted by atomic mass is 10.0. The van der Waals surface area contributed by atoms with E-state index in [4.69, 9.17) is 9.47 Å². The molecule has 3 heterocycles. The molecule has 3 aromatic rings. The van der Waals surface area contributed by atoms with Crippen LogP contribution >= 0.6 is 0 Å². The third-order valence-electron chi connectivity index (χ3n) is 6.97. The predicted octanol–water partition coefficient (Wildman–Crippen LogP) is 4.98. The standard InChI is InChI=1S/C26H28F5N5O2/c1-16(18-11-19(26(29,30)31)13-21(28)12-18)38-25-24(17-3-5-20(27)6-4-17)36(9-10-37-25)15-23-22(32-34-33-23)14-35-7-2-8-35/h3-6,11-13,16,24-25H,2,7-10,14-15H2,1H3,(H,32,33,34)/t16-,24?,25?/m1/s1. The molecular weight excluding hydrogens is 509 g/mol. The number of morpholine rings is 1. The number of ether oxygens (including phenoxy) is 2. The Kier molecular flexibility index (Phi) is 7.75. The largest absolute Gasteiger partial charge is 0.416 e. The molecule has 2 fully saturated rings. The van der Waals surface area contributed by atoms with E-state index in [0.717, 1.165) is 43.0 Å². The number of nitrogens with one attached hydrogen (secondary N) is 1. The third-order valence-corrected chi connectivity index (χ3v) is 6.97. The Balaban J connectivity index is 1.40. The van der Waals surface area contributed by atoms with Gasteiger partial charge in [-0.25, -0.2) is 8.78 Å². The van der Waals surface area contributed by atoms with E-state index in [1.807, 2.05) is 0 Å². The lowest BCUT2D eigenvalue weighted by Crippen LogP contribution is -2.46. The van der Waals surface area contributed by atoms with Gasteiger partial charge in [0.2, 0.25) is 0 Å². The third kappa shape index (κ3) is 6.04. The van der Waals surface area contributed by atoms with Gasteiger partial charge in [0.1, 0.15) is 17.3 Å². The number of halogens is 5. The summed E-state index contributed by atoms with van der Waals surface area (Å²) in [5.41, 5.74) is 1.30. The first-order valence-corrected chi connectivity index (χ1v) is 12.4. The SMILES string of the molecule is C[C@@H](OC1OCCN(Cc2nn[nH]c2CN2CCC2)C1c1ccc(F)cc1)c1cc(F)cc(C(F)(F)F)c1. The highest BCUT2D eigenvalue weighted by Gasteiger charge is 2.37. The molecule has 1 N–H and O–H groups in total. The molecule has 0 aliphatic carbocycles. The second-order valence-corrected chi connectivity index (χ2v) is 9.62. The fourth-order valence-corrected chi connectivity index (χ4v) is 4.78. The number of aromatic nitrogens is 3. The predicted molar refractivity (Wildman–Crippen MR) is 126 cm³/mol. The van der Waals surface area contributed by atoms with Gasteiger partial charge in [0.25, 0.3) is 0 Å². The van der Waals surface area contributed by atoms with E-state index >= 15 is 0 Å². The van der Waals surface area contributed by atoms with Crippen LogP contribution in [0.3, 0.4) is 0 Å². The van der Waals surface area contributed by atoms with Crippen LogP contribution in [0.25, 0.3) is 0 Å². The van der Waals surface area contributed by atoms with Crippen molar-refractivity contribution in [1.29, 1.82) is 0 Å². The molecule has 2 aromatic carbocycles. The summed E-state index contributed by atoms with van der Waals surface area (Å²) in [6.45, 7) is 5.46. The molecule has 38 heavy (non-hydrogen) atoms. The quantitative estimate of drug-likeness (QED) is 0.409. The number of alkyl halides is 3. The molecule has 1 aromatic heterocycles. The number of hydrogen-bond donors (Lipinski definition) is 1. The van der Waals surface area contributed by atoms with Gasteiger partial charge in [-0.1, -0.05) is 17.3 Å². The van der Waals surface area contributed by atoms with Gasteiger partial charge in [-0.2, -0.15) is 13.2 Å². The molecule has 12 heteroatoms. The summed E-state index contributed by atoms with van der Waals surface area (Å²) in [7, 11) is 0. The zero-order valence-electron chi connectivity index (χ0n) is 20.7. The van der Waals surface area contributed by atoms with Crippen molar-refractivity contribution in [3.8, 4) is 0 Å². The van der Waals surface area contributed by atoms with Gasteiger partial charge in [0, 0.05) is 19.6 Å². The van der Waals surface area contributed by atoms with Crippen LogP contribution < -0.4 is 0 Å². The number of benzene rings is 2. The van der Waals surface area contributed by atoms with Crippen LogP contribution in [0.15, 0.2) is 42.5 Å². The minimum Gasteiger partial charge on any atom is -0.349 e. The molecule has 2 aliphatic heterocycles. The van der Waals surface area contributed by atoms with Crippen molar-refractivity contribution in [2.24, 2.45) is 0 Å². The summed E-state index contributed by atoms with van der Waals surface area (Å²) in [4.78, 5) is 4.34. The Morgan fingerprint density at radius 1 is 1.05 bits per heavy atom. The van der Waals surface area contributed by atoms with Crippen LogP contribution in [-0.2, 0) is 28.7 Å². The highest BCUT2D eigenvalue weighted by atomic mass is 19.4. The molecular formula is C26H28F5N5O2. The summed E-state index contributed by atoms with van der Waals surface area (Å²) >= 11 is 0. The molecule has 0 spiro atoms. The van der Waals surface area contributed by atoms with E-state index in [1.165, 1.54) is 12.1 Å². The number of nitrogens with zero attached hydrogens (tertiary/aromatic N) is 4. The fraction of sp³-hybridized carbons (Fsp3) is 0.462. The van der Waals surface area contributed by atoms with Gasteiger partial charge in [0.05, 0.1) is 30.0 Å². The molecule has 2 saturated heterocycles. The van der Waals surface area contributed by atoms with Gasteiger partial charge >= 0.3 is 6.18 Å². The van der Waals surface area contributed by atoms with Crippen LogP contribution in [-0.4, -0.2) is 57.7 Å². The molecule has 0 bridgehead atoms. The number of H-pyrrole nitrogens is 1. The van der Waals surface area contributed by atoms with Crippen molar-refractivity contribution in [3.05, 3.63) is 82.2 Å². The van der Waals surface area contributed by atoms with Crippen molar-refractivity contribution in [2.75, 3.05) is 26.2 Å². The molecule has 2 unspecified atom stereocenters. The summed E-state index contributed by atoms with van der Waals surface area (Å²) < 4.78 is 79.7. The Labute approximate surface area is 216 Å². The molecule has 204 valence electrons. The lowest BCUT2D eigenvalue weighted by molar-refractivity contribution is -0.231. The molecule has 3 atom stereocenters. The van der Waals surface area contributed by atoms with Crippen molar-refractivity contribution < 1.29 is 31.4 Å².